The van der Waals surface area contributed by atoms with Crippen molar-refractivity contribution in [3.63, 3.8) is 0 Å². The van der Waals surface area contributed by atoms with Crippen molar-refractivity contribution in [3.8, 4) is 40.1 Å². The quantitative estimate of drug-likeness (QED) is 0.546. The Bertz CT molecular complexity index is 1030. The molecule has 0 fully saturated rings. The first-order chi connectivity index (χ1) is 12.7. The summed E-state index contributed by atoms with van der Waals surface area (Å²) in [5.74, 6) is 3.13. The monoisotopic (exact) mass is 352 g/mol. The van der Waals surface area contributed by atoms with Crippen molar-refractivity contribution in [1.29, 1.82) is 0 Å². The van der Waals surface area contributed by atoms with Gasteiger partial charge < -0.3 is 18.6 Å². The topological polar surface area (TPSA) is 83.9 Å². The van der Waals surface area contributed by atoms with E-state index in [1.165, 1.54) is 0 Å². The lowest BCUT2D eigenvalue weighted by Gasteiger charge is -2.14. The summed E-state index contributed by atoms with van der Waals surface area (Å²) in [4.78, 5) is 8.70. The second-order valence-corrected chi connectivity index (χ2v) is 5.37. The maximum Gasteiger partial charge on any atom is 0.253 e. The average Bonchev–Trinajstić information content (AvgIpc) is 3.35. The molecule has 132 valence electrons. The molecule has 0 atom stereocenters. The highest BCUT2D eigenvalue weighted by Crippen LogP contribution is 2.41. The number of hydrogen-bond acceptors (Lipinski definition) is 7. The van der Waals surface area contributed by atoms with Gasteiger partial charge in [0.25, 0.3) is 5.78 Å². The molecular formula is C18H16N4O4. The van der Waals surface area contributed by atoms with Crippen molar-refractivity contribution in [1.82, 2.24) is 19.6 Å². The van der Waals surface area contributed by atoms with Gasteiger partial charge in [-0.1, -0.05) is 0 Å². The van der Waals surface area contributed by atoms with Gasteiger partial charge in [-0.05, 0) is 30.3 Å². The molecule has 0 bridgehead atoms. The Hall–Kier alpha value is -3.55. The molecule has 0 radical (unpaired) electrons. The fourth-order valence-electron chi connectivity index (χ4n) is 2.75. The smallest absolute Gasteiger partial charge is 0.253 e. The largest absolute Gasteiger partial charge is 0.493 e. The van der Waals surface area contributed by atoms with Crippen LogP contribution in [0.3, 0.4) is 0 Å². The van der Waals surface area contributed by atoms with Gasteiger partial charge in [-0.25, -0.2) is 4.98 Å². The predicted molar refractivity (Wildman–Crippen MR) is 93.6 cm³/mol. The summed E-state index contributed by atoms with van der Waals surface area (Å²) in [6.07, 6.45) is 3.25. The lowest BCUT2D eigenvalue weighted by molar-refractivity contribution is 0.324. The number of furan rings is 1. The van der Waals surface area contributed by atoms with E-state index in [1.54, 1.807) is 50.4 Å². The van der Waals surface area contributed by atoms with E-state index in [1.807, 2.05) is 18.2 Å². The molecule has 0 aliphatic carbocycles. The van der Waals surface area contributed by atoms with E-state index >= 15 is 0 Å². The third-order valence-corrected chi connectivity index (χ3v) is 3.94. The highest BCUT2D eigenvalue weighted by molar-refractivity contribution is 5.70. The summed E-state index contributed by atoms with van der Waals surface area (Å²) in [5, 5.41) is 4.52. The summed E-state index contributed by atoms with van der Waals surface area (Å²) < 4.78 is 23.3. The number of fused-ring (bicyclic) bond motifs is 1. The number of nitrogens with zero attached hydrogens (tertiary/aromatic N) is 4. The van der Waals surface area contributed by atoms with Crippen molar-refractivity contribution in [2.75, 3.05) is 21.3 Å². The molecule has 0 unspecified atom stereocenters. The minimum Gasteiger partial charge on any atom is -0.493 e. The zero-order valence-electron chi connectivity index (χ0n) is 14.5. The van der Waals surface area contributed by atoms with Gasteiger partial charge in [0.05, 0.1) is 33.3 Å². The molecule has 0 amide bonds. The van der Waals surface area contributed by atoms with Gasteiger partial charge in [0.2, 0.25) is 11.6 Å². The van der Waals surface area contributed by atoms with Crippen LogP contribution in [0, 0.1) is 0 Å². The number of methoxy groups -OCH3 is 3. The molecule has 4 aromatic rings. The van der Waals surface area contributed by atoms with Crippen molar-refractivity contribution in [3.05, 3.63) is 42.8 Å². The number of aromatic nitrogens is 4. The van der Waals surface area contributed by atoms with Crippen molar-refractivity contribution >= 4 is 5.78 Å². The predicted octanol–water partition coefficient (Wildman–Crippen LogP) is 3.08. The van der Waals surface area contributed by atoms with E-state index in [0.29, 0.717) is 34.6 Å². The minimum atomic E-state index is 0.461. The lowest BCUT2D eigenvalue weighted by Crippen LogP contribution is -1.99. The van der Waals surface area contributed by atoms with E-state index in [2.05, 4.69) is 15.1 Å². The Kier molecular flexibility index (Phi) is 3.92. The third-order valence-electron chi connectivity index (χ3n) is 3.94. The van der Waals surface area contributed by atoms with Crippen LogP contribution < -0.4 is 14.2 Å². The zero-order chi connectivity index (χ0) is 18.1. The molecule has 0 aliphatic heterocycles. The highest BCUT2D eigenvalue weighted by Gasteiger charge is 2.17. The number of benzene rings is 1. The van der Waals surface area contributed by atoms with Crippen LogP contribution in [-0.2, 0) is 0 Å². The first kappa shape index (κ1) is 15.9. The summed E-state index contributed by atoms with van der Waals surface area (Å²) in [6.45, 7) is 0. The number of rotatable bonds is 5. The van der Waals surface area contributed by atoms with Crippen LogP contribution in [-0.4, -0.2) is 40.9 Å². The van der Waals surface area contributed by atoms with Gasteiger partial charge in [0.15, 0.2) is 17.3 Å². The van der Waals surface area contributed by atoms with E-state index in [-0.39, 0.29) is 0 Å². The molecule has 3 heterocycles. The molecule has 0 N–H and O–H groups in total. The fourth-order valence-corrected chi connectivity index (χ4v) is 2.75. The van der Waals surface area contributed by atoms with Crippen LogP contribution in [0.5, 0.6) is 17.2 Å². The van der Waals surface area contributed by atoms with Crippen LogP contribution in [0.15, 0.2) is 47.2 Å². The molecular weight excluding hydrogens is 336 g/mol. The SMILES string of the molecule is COc1cc(-c2ccnc3nc(-c4ccco4)nn23)cc(OC)c1OC. The van der Waals surface area contributed by atoms with Crippen molar-refractivity contribution in [2.45, 2.75) is 0 Å². The Balaban J connectivity index is 1.92. The van der Waals surface area contributed by atoms with Gasteiger partial charge in [0.1, 0.15) is 0 Å². The molecule has 0 saturated carbocycles. The average molecular weight is 352 g/mol. The molecule has 1 aromatic carbocycles. The summed E-state index contributed by atoms with van der Waals surface area (Å²) in [7, 11) is 4.72. The van der Waals surface area contributed by atoms with E-state index < -0.39 is 0 Å². The second-order valence-electron chi connectivity index (χ2n) is 5.37. The fraction of sp³-hybridized carbons (Fsp3) is 0.167. The molecule has 4 rings (SSSR count). The van der Waals surface area contributed by atoms with Gasteiger partial charge in [0, 0.05) is 11.8 Å². The Labute approximate surface area is 149 Å². The van der Waals surface area contributed by atoms with Crippen LogP contribution in [0.4, 0.5) is 0 Å². The van der Waals surface area contributed by atoms with Gasteiger partial charge in [-0.15, -0.1) is 5.10 Å². The van der Waals surface area contributed by atoms with Gasteiger partial charge >= 0.3 is 0 Å². The molecule has 8 nitrogen and oxygen atoms in total. The molecule has 3 aromatic heterocycles. The van der Waals surface area contributed by atoms with Crippen LogP contribution in [0.2, 0.25) is 0 Å². The van der Waals surface area contributed by atoms with Crippen molar-refractivity contribution < 1.29 is 18.6 Å². The highest BCUT2D eigenvalue weighted by atomic mass is 16.5. The summed E-state index contributed by atoms with van der Waals surface area (Å²) in [6, 6.07) is 9.13. The minimum absolute atomic E-state index is 0.461. The van der Waals surface area contributed by atoms with Gasteiger partial charge in [-0.2, -0.15) is 9.50 Å². The standard InChI is InChI=1S/C18H16N4O4/c1-23-14-9-11(10-15(24-2)16(14)25-3)12-6-7-19-18-20-17(21-22(12)18)13-5-4-8-26-13/h4-10H,1-3H3. The molecule has 0 aliphatic rings. The second kappa shape index (κ2) is 6.40. The first-order valence-corrected chi connectivity index (χ1v) is 7.81. The number of hydrogen-bond donors (Lipinski definition) is 0. The van der Waals surface area contributed by atoms with Gasteiger partial charge in [-0.3, -0.25) is 0 Å². The Morgan fingerprint density at radius 2 is 1.77 bits per heavy atom. The maximum absolute atomic E-state index is 5.44. The normalized spacial score (nSPS) is 10.9. The Morgan fingerprint density at radius 1 is 1.00 bits per heavy atom. The third kappa shape index (κ3) is 2.52. The Morgan fingerprint density at radius 3 is 2.38 bits per heavy atom. The van der Waals surface area contributed by atoms with Crippen LogP contribution >= 0.6 is 0 Å². The van der Waals surface area contributed by atoms with E-state index in [9.17, 15) is 0 Å². The molecule has 0 spiro atoms. The van der Waals surface area contributed by atoms with Crippen LogP contribution in [0.1, 0.15) is 0 Å². The zero-order valence-corrected chi connectivity index (χ0v) is 14.5. The van der Waals surface area contributed by atoms with Crippen LogP contribution in [0.25, 0.3) is 28.6 Å². The summed E-state index contributed by atoms with van der Waals surface area (Å²) >= 11 is 0. The van der Waals surface area contributed by atoms with E-state index in [4.69, 9.17) is 18.6 Å². The molecule has 26 heavy (non-hydrogen) atoms. The molecule has 0 saturated heterocycles. The number of ether oxygens (including phenoxy) is 3. The first-order valence-electron chi connectivity index (χ1n) is 7.81. The maximum atomic E-state index is 5.44. The van der Waals surface area contributed by atoms with Crippen molar-refractivity contribution in [2.24, 2.45) is 0 Å². The van der Waals surface area contributed by atoms with E-state index in [0.717, 1.165) is 11.3 Å². The summed E-state index contributed by atoms with van der Waals surface area (Å²) in [5.41, 5.74) is 1.60. The molecule has 8 heteroatoms. The lowest BCUT2D eigenvalue weighted by atomic mass is 10.1.